The van der Waals surface area contributed by atoms with Crippen LogP contribution < -0.4 is 0 Å². The van der Waals surface area contributed by atoms with Crippen LogP contribution in [0.1, 0.15) is 0 Å². The lowest BCUT2D eigenvalue weighted by molar-refractivity contribution is 0.421. The Hall–Kier alpha value is -0.580. The summed E-state index contributed by atoms with van der Waals surface area (Å²) in [5.41, 5.74) is 0.686. The molecule has 0 saturated heterocycles. The van der Waals surface area contributed by atoms with Crippen molar-refractivity contribution in [3.8, 4) is 11.4 Å². The number of hydrogen-bond acceptors (Lipinski definition) is 3. The first-order valence-corrected chi connectivity index (χ1v) is 5.16. The summed E-state index contributed by atoms with van der Waals surface area (Å²) in [4.78, 5) is 3.86. The fourth-order valence-electron chi connectivity index (χ4n) is 0.985. The smallest absolute Gasteiger partial charge is 0.320 e. The lowest BCUT2D eigenvalue weighted by atomic mass is 10.2. The standard InChI is InChI=1S/C8H3BrCl2N2O/c9-4-1-2-5(6(10)3-4)7-12-8(11)14-13-7/h1-3H. The Morgan fingerprint density at radius 2 is 2.07 bits per heavy atom. The van der Waals surface area contributed by atoms with Crippen molar-refractivity contribution in [2.45, 2.75) is 0 Å². The highest BCUT2D eigenvalue weighted by Gasteiger charge is 2.10. The summed E-state index contributed by atoms with van der Waals surface area (Å²) in [5, 5.41) is 4.20. The van der Waals surface area contributed by atoms with E-state index >= 15 is 0 Å². The van der Waals surface area contributed by atoms with Gasteiger partial charge in [-0.15, -0.1) is 0 Å². The Morgan fingerprint density at radius 3 is 2.64 bits per heavy atom. The minimum absolute atomic E-state index is 0.000939. The van der Waals surface area contributed by atoms with Crippen LogP contribution in [0.2, 0.25) is 10.4 Å². The normalized spacial score (nSPS) is 10.5. The molecule has 0 fully saturated rings. The van der Waals surface area contributed by atoms with E-state index in [1.165, 1.54) is 0 Å². The van der Waals surface area contributed by atoms with Gasteiger partial charge in [0.25, 0.3) is 0 Å². The first kappa shape index (κ1) is 9.96. The summed E-state index contributed by atoms with van der Waals surface area (Å²) < 4.78 is 5.53. The molecule has 0 aliphatic carbocycles. The summed E-state index contributed by atoms with van der Waals surface area (Å²) in [6, 6.07) is 5.38. The maximum atomic E-state index is 5.98. The number of hydrogen-bond donors (Lipinski definition) is 0. The molecule has 0 spiro atoms. The molecule has 2 aromatic rings. The molecule has 0 aliphatic rings. The molecule has 0 atom stereocenters. The molecule has 0 radical (unpaired) electrons. The van der Waals surface area contributed by atoms with Crippen LogP contribution in [0.3, 0.4) is 0 Å². The molecule has 2 rings (SSSR count). The fourth-order valence-corrected chi connectivity index (χ4v) is 1.86. The third-order valence-electron chi connectivity index (χ3n) is 1.57. The molecule has 0 bridgehead atoms. The Bertz CT molecular complexity index is 472. The van der Waals surface area contributed by atoms with Gasteiger partial charge in [0.15, 0.2) is 0 Å². The number of halogens is 3. The van der Waals surface area contributed by atoms with Crippen molar-refractivity contribution in [2.75, 3.05) is 0 Å². The molecular weight excluding hydrogens is 291 g/mol. The van der Waals surface area contributed by atoms with Crippen LogP contribution in [-0.4, -0.2) is 10.1 Å². The SMILES string of the molecule is Clc1nc(-c2ccc(Br)cc2Cl)no1. The van der Waals surface area contributed by atoms with E-state index in [-0.39, 0.29) is 5.35 Å². The van der Waals surface area contributed by atoms with Crippen LogP contribution >= 0.6 is 39.1 Å². The maximum absolute atomic E-state index is 5.98. The minimum Gasteiger partial charge on any atom is -0.321 e. The van der Waals surface area contributed by atoms with E-state index < -0.39 is 0 Å². The first-order valence-electron chi connectivity index (χ1n) is 3.61. The Labute approximate surface area is 98.1 Å². The van der Waals surface area contributed by atoms with Gasteiger partial charge in [-0.05, 0) is 29.8 Å². The molecule has 0 amide bonds. The molecule has 0 N–H and O–H groups in total. The van der Waals surface area contributed by atoms with Crippen LogP contribution in [0, 0.1) is 0 Å². The summed E-state index contributed by atoms with van der Waals surface area (Å²) in [7, 11) is 0. The average molecular weight is 294 g/mol. The summed E-state index contributed by atoms with van der Waals surface area (Å²) in [6.07, 6.45) is 0. The Balaban J connectivity index is 2.52. The van der Waals surface area contributed by atoms with Gasteiger partial charge in [0, 0.05) is 10.0 Å². The highest BCUT2D eigenvalue weighted by Crippen LogP contribution is 2.28. The van der Waals surface area contributed by atoms with Crippen LogP contribution in [0.25, 0.3) is 11.4 Å². The van der Waals surface area contributed by atoms with Crippen molar-refractivity contribution in [3.63, 3.8) is 0 Å². The molecule has 14 heavy (non-hydrogen) atoms. The Morgan fingerprint density at radius 1 is 1.29 bits per heavy atom. The monoisotopic (exact) mass is 292 g/mol. The van der Waals surface area contributed by atoms with Gasteiger partial charge >= 0.3 is 5.35 Å². The van der Waals surface area contributed by atoms with Crippen molar-refractivity contribution in [2.24, 2.45) is 0 Å². The molecule has 0 unspecified atom stereocenters. The molecule has 72 valence electrons. The van der Waals surface area contributed by atoms with Crippen molar-refractivity contribution >= 4 is 39.1 Å². The Kier molecular flexibility index (Phi) is 2.76. The molecule has 1 aromatic carbocycles. The third kappa shape index (κ3) is 1.92. The van der Waals surface area contributed by atoms with Crippen molar-refractivity contribution in [1.82, 2.24) is 10.1 Å². The van der Waals surface area contributed by atoms with Crippen LogP contribution in [0.4, 0.5) is 0 Å². The largest absolute Gasteiger partial charge is 0.321 e. The number of rotatable bonds is 1. The maximum Gasteiger partial charge on any atom is 0.320 e. The van der Waals surface area contributed by atoms with Gasteiger partial charge in [-0.1, -0.05) is 32.7 Å². The van der Waals surface area contributed by atoms with Gasteiger partial charge < -0.3 is 4.52 Å². The highest BCUT2D eigenvalue weighted by atomic mass is 79.9. The first-order chi connectivity index (χ1) is 6.66. The average Bonchev–Trinajstić information content (AvgIpc) is 2.51. The zero-order valence-corrected chi connectivity index (χ0v) is 9.77. The van der Waals surface area contributed by atoms with E-state index in [9.17, 15) is 0 Å². The van der Waals surface area contributed by atoms with Gasteiger partial charge in [-0.3, -0.25) is 0 Å². The van der Waals surface area contributed by atoms with Gasteiger partial charge in [0.05, 0.1) is 5.02 Å². The summed E-state index contributed by atoms with van der Waals surface area (Å²) in [6.45, 7) is 0. The van der Waals surface area contributed by atoms with E-state index in [0.29, 0.717) is 16.4 Å². The second-order valence-corrected chi connectivity index (χ2v) is 4.14. The van der Waals surface area contributed by atoms with Gasteiger partial charge in [0.1, 0.15) is 0 Å². The van der Waals surface area contributed by atoms with Crippen LogP contribution in [0.5, 0.6) is 0 Å². The number of benzene rings is 1. The van der Waals surface area contributed by atoms with E-state index in [2.05, 4.69) is 30.6 Å². The third-order valence-corrected chi connectivity index (χ3v) is 2.53. The summed E-state index contributed by atoms with van der Waals surface area (Å²) in [5.74, 6) is 0.382. The van der Waals surface area contributed by atoms with Crippen LogP contribution in [0.15, 0.2) is 27.2 Å². The quantitative estimate of drug-likeness (QED) is 0.802. The highest BCUT2D eigenvalue weighted by molar-refractivity contribution is 9.10. The van der Waals surface area contributed by atoms with E-state index in [1.54, 1.807) is 12.1 Å². The zero-order valence-electron chi connectivity index (χ0n) is 6.67. The van der Waals surface area contributed by atoms with Crippen molar-refractivity contribution in [3.05, 3.63) is 33.0 Å². The lowest BCUT2D eigenvalue weighted by Gasteiger charge is -1.98. The van der Waals surface area contributed by atoms with E-state index in [4.69, 9.17) is 23.2 Å². The molecule has 0 saturated carbocycles. The molecule has 1 aromatic heterocycles. The predicted octanol–water partition coefficient (Wildman–Crippen LogP) is 3.81. The predicted molar refractivity (Wildman–Crippen MR) is 57.5 cm³/mol. The molecular formula is C8H3BrCl2N2O. The van der Waals surface area contributed by atoms with Crippen molar-refractivity contribution in [1.29, 1.82) is 0 Å². The van der Waals surface area contributed by atoms with Crippen molar-refractivity contribution < 1.29 is 4.52 Å². The fraction of sp³-hybridized carbons (Fsp3) is 0. The topological polar surface area (TPSA) is 38.9 Å². The number of nitrogens with zero attached hydrogens (tertiary/aromatic N) is 2. The molecule has 6 heteroatoms. The molecule has 0 aliphatic heterocycles. The molecule has 3 nitrogen and oxygen atoms in total. The number of aromatic nitrogens is 2. The van der Waals surface area contributed by atoms with E-state index in [0.717, 1.165) is 4.47 Å². The van der Waals surface area contributed by atoms with Gasteiger partial charge in [0.2, 0.25) is 5.82 Å². The van der Waals surface area contributed by atoms with Crippen LogP contribution in [-0.2, 0) is 0 Å². The van der Waals surface area contributed by atoms with Gasteiger partial charge in [-0.2, -0.15) is 4.98 Å². The summed E-state index contributed by atoms with van der Waals surface area (Å²) >= 11 is 14.8. The lowest BCUT2D eigenvalue weighted by Crippen LogP contribution is -1.81. The zero-order chi connectivity index (χ0) is 10.1. The van der Waals surface area contributed by atoms with E-state index in [1.807, 2.05) is 6.07 Å². The minimum atomic E-state index is -0.000939. The second kappa shape index (κ2) is 3.88. The van der Waals surface area contributed by atoms with Gasteiger partial charge in [-0.25, -0.2) is 0 Å². The second-order valence-electron chi connectivity index (χ2n) is 2.50. The molecule has 1 heterocycles.